The highest BCUT2D eigenvalue weighted by atomic mass is 16.3. The molecule has 1 saturated heterocycles. The fourth-order valence-electron chi connectivity index (χ4n) is 3.80. The number of hydrogen-bond acceptors (Lipinski definition) is 8. The molecule has 9 heteroatoms. The topological polar surface area (TPSA) is 102 Å². The second kappa shape index (κ2) is 7.75. The Labute approximate surface area is 174 Å². The zero-order chi connectivity index (χ0) is 20.5. The van der Waals surface area contributed by atoms with E-state index in [4.69, 9.17) is 10.2 Å². The van der Waals surface area contributed by atoms with Crippen molar-refractivity contribution in [3.63, 3.8) is 0 Å². The smallest absolute Gasteiger partial charge is 0.259 e. The van der Waals surface area contributed by atoms with E-state index in [0.29, 0.717) is 23.3 Å². The van der Waals surface area contributed by atoms with Gasteiger partial charge in [0.05, 0.1) is 6.26 Å². The minimum absolute atomic E-state index is 0.265. The third-order valence-electron chi connectivity index (χ3n) is 5.49. The van der Waals surface area contributed by atoms with Gasteiger partial charge in [0.25, 0.3) is 5.78 Å². The number of hydrogen-bond donors (Lipinski definition) is 1. The predicted octanol–water partition coefficient (Wildman–Crippen LogP) is 2.38. The van der Waals surface area contributed by atoms with E-state index in [-0.39, 0.29) is 5.95 Å². The van der Waals surface area contributed by atoms with Gasteiger partial charge < -0.3 is 15.1 Å². The maximum Gasteiger partial charge on any atom is 0.259 e. The Morgan fingerprint density at radius 2 is 1.90 bits per heavy atom. The fourth-order valence-corrected chi connectivity index (χ4v) is 3.80. The lowest BCUT2D eigenvalue weighted by atomic mass is 10.1. The minimum atomic E-state index is 0.265. The molecule has 1 fully saturated rings. The normalized spacial score (nSPS) is 15.6. The zero-order valence-corrected chi connectivity index (χ0v) is 16.9. The van der Waals surface area contributed by atoms with Gasteiger partial charge in [0.2, 0.25) is 17.7 Å². The van der Waals surface area contributed by atoms with Gasteiger partial charge in [-0.15, -0.1) is 5.10 Å². The summed E-state index contributed by atoms with van der Waals surface area (Å²) in [6.45, 7) is 6.81. The third kappa shape index (κ3) is 3.59. The highest BCUT2D eigenvalue weighted by Gasteiger charge is 2.20. The standard InChI is InChI=1S/C21H24N8O/c1-15-6-2-3-7-16(15)14-27-9-5-10-28(12-11-27)20-24-19(22)29-21(25-20)23-18(26-29)17-8-4-13-30-17/h2-4,6-8,13H,5,9-12,14H2,1H3,(H2,22,23,24,25,26). The molecule has 9 nitrogen and oxygen atoms in total. The lowest BCUT2D eigenvalue weighted by Gasteiger charge is -2.22. The van der Waals surface area contributed by atoms with Gasteiger partial charge in [0.1, 0.15) is 0 Å². The van der Waals surface area contributed by atoms with Crippen LogP contribution in [0.15, 0.2) is 47.1 Å². The minimum Gasteiger partial charge on any atom is -0.461 e. The van der Waals surface area contributed by atoms with E-state index >= 15 is 0 Å². The van der Waals surface area contributed by atoms with E-state index in [1.54, 1.807) is 18.4 Å². The van der Waals surface area contributed by atoms with Crippen LogP contribution in [0.25, 0.3) is 17.4 Å². The average Bonchev–Trinajstić information content (AvgIpc) is 3.36. The number of benzene rings is 1. The van der Waals surface area contributed by atoms with Crippen LogP contribution >= 0.6 is 0 Å². The van der Waals surface area contributed by atoms with Gasteiger partial charge in [-0.3, -0.25) is 4.90 Å². The number of furan rings is 1. The molecule has 0 aliphatic carbocycles. The van der Waals surface area contributed by atoms with Crippen LogP contribution in [-0.2, 0) is 6.54 Å². The van der Waals surface area contributed by atoms with E-state index < -0.39 is 0 Å². The quantitative estimate of drug-likeness (QED) is 0.553. The number of nitrogens with two attached hydrogens (primary N) is 1. The number of nitrogens with zero attached hydrogens (tertiary/aromatic N) is 7. The second-order valence-corrected chi connectivity index (χ2v) is 7.55. The summed E-state index contributed by atoms with van der Waals surface area (Å²) in [5.41, 5.74) is 8.87. The van der Waals surface area contributed by atoms with Crippen LogP contribution in [0.1, 0.15) is 17.5 Å². The predicted molar refractivity (Wildman–Crippen MR) is 114 cm³/mol. The summed E-state index contributed by atoms with van der Waals surface area (Å²) < 4.78 is 6.83. The lowest BCUT2D eigenvalue weighted by Crippen LogP contribution is -2.32. The molecule has 4 heterocycles. The Kier molecular flexibility index (Phi) is 4.80. The highest BCUT2D eigenvalue weighted by Crippen LogP contribution is 2.20. The molecule has 1 aromatic carbocycles. The van der Waals surface area contributed by atoms with Crippen molar-refractivity contribution in [1.82, 2.24) is 29.5 Å². The van der Waals surface area contributed by atoms with Gasteiger partial charge >= 0.3 is 0 Å². The van der Waals surface area contributed by atoms with E-state index in [1.165, 1.54) is 15.6 Å². The summed E-state index contributed by atoms with van der Waals surface area (Å²) in [4.78, 5) is 18.2. The zero-order valence-electron chi connectivity index (χ0n) is 16.9. The molecule has 5 rings (SSSR count). The van der Waals surface area contributed by atoms with Crippen molar-refractivity contribution < 1.29 is 4.42 Å². The molecule has 0 radical (unpaired) electrons. The fraction of sp³-hybridized carbons (Fsp3) is 0.333. The van der Waals surface area contributed by atoms with Crippen molar-refractivity contribution >= 4 is 17.7 Å². The first-order valence-electron chi connectivity index (χ1n) is 10.1. The molecule has 4 aromatic rings. The van der Waals surface area contributed by atoms with E-state index in [1.807, 2.05) is 0 Å². The van der Waals surface area contributed by atoms with Crippen molar-refractivity contribution in [3.05, 3.63) is 53.8 Å². The number of nitrogen functional groups attached to an aromatic ring is 1. The summed E-state index contributed by atoms with van der Waals surface area (Å²) >= 11 is 0. The molecule has 30 heavy (non-hydrogen) atoms. The molecule has 154 valence electrons. The number of aromatic nitrogens is 5. The summed E-state index contributed by atoms with van der Waals surface area (Å²) in [5.74, 6) is 2.30. The number of rotatable bonds is 4. The molecule has 1 aliphatic rings. The molecule has 0 amide bonds. The van der Waals surface area contributed by atoms with Gasteiger partial charge in [-0.05, 0) is 36.6 Å². The summed E-state index contributed by atoms with van der Waals surface area (Å²) in [6.07, 6.45) is 2.62. The van der Waals surface area contributed by atoms with E-state index in [2.05, 4.69) is 61.0 Å². The average molecular weight is 404 g/mol. The molecule has 3 aromatic heterocycles. The van der Waals surface area contributed by atoms with E-state index in [9.17, 15) is 0 Å². The van der Waals surface area contributed by atoms with Crippen LogP contribution < -0.4 is 10.6 Å². The van der Waals surface area contributed by atoms with Crippen molar-refractivity contribution in [2.75, 3.05) is 36.8 Å². The maximum absolute atomic E-state index is 6.16. The Morgan fingerprint density at radius 3 is 2.73 bits per heavy atom. The van der Waals surface area contributed by atoms with Crippen LogP contribution in [-0.4, -0.2) is 55.6 Å². The molecule has 0 atom stereocenters. The molecular weight excluding hydrogens is 380 g/mol. The van der Waals surface area contributed by atoms with Crippen LogP contribution in [0, 0.1) is 6.92 Å². The number of fused-ring (bicyclic) bond motifs is 1. The number of anilines is 2. The van der Waals surface area contributed by atoms with Gasteiger partial charge in [0.15, 0.2) is 5.76 Å². The van der Waals surface area contributed by atoms with Crippen molar-refractivity contribution in [2.45, 2.75) is 19.9 Å². The SMILES string of the molecule is Cc1ccccc1CN1CCCN(c2nc(N)n3nc(-c4ccco4)nc3n2)CC1. The molecule has 0 unspecified atom stereocenters. The summed E-state index contributed by atoms with van der Waals surface area (Å²) in [5, 5.41) is 4.36. The van der Waals surface area contributed by atoms with Crippen LogP contribution in [0.3, 0.4) is 0 Å². The van der Waals surface area contributed by atoms with Gasteiger partial charge in [-0.1, -0.05) is 24.3 Å². The Hall–Kier alpha value is -3.46. The van der Waals surface area contributed by atoms with Gasteiger partial charge in [-0.2, -0.15) is 19.5 Å². The first-order valence-corrected chi connectivity index (χ1v) is 10.1. The molecule has 0 spiro atoms. The first kappa shape index (κ1) is 18.6. The van der Waals surface area contributed by atoms with Gasteiger partial charge in [-0.25, -0.2) is 0 Å². The molecule has 1 aliphatic heterocycles. The van der Waals surface area contributed by atoms with Crippen LogP contribution in [0.2, 0.25) is 0 Å². The number of aryl methyl sites for hydroxylation is 1. The largest absolute Gasteiger partial charge is 0.461 e. The summed E-state index contributed by atoms with van der Waals surface area (Å²) in [6, 6.07) is 12.2. The van der Waals surface area contributed by atoms with E-state index in [0.717, 1.165) is 39.1 Å². The van der Waals surface area contributed by atoms with Crippen molar-refractivity contribution in [3.8, 4) is 11.6 Å². The molecule has 0 bridgehead atoms. The Bertz CT molecular complexity index is 1150. The molecule has 0 saturated carbocycles. The van der Waals surface area contributed by atoms with Crippen LogP contribution in [0.5, 0.6) is 0 Å². The molecule has 2 N–H and O–H groups in total. The maximum atomic E-state index is 6.16. The third-order valence-corrected chi connectivity index (χ3v) is 5.49. The Morgan fingerprint density at radius 1 is 1.00 bits per heavy atom. The van der Waals surface area contributed by atoms with Crippen LogP contribution in [0.4, 0.5) is 11.9 Å². The first-order chi connectivity index (χ1) is 14.7. The van der Waals surface area contributed by atoms with Crippen molar-refractivity contribution in [2.24, 2.45) is 0 Å². The lowest BCUT2D eigenvalue weighted by molar-refractivity contribution is 0.285. The second-order valence-electron chi connectivity index (χ2n) is 7.55. The van der Waals surface area contributed by atoms with Crippen molar-refractivity contribution in [1.29, 1.82) is 0 Å². The highest BCUT2D eigenvalue weighted by molar-refractivity contribution is 5.53. The molecular formula is C21H24N8O. The summed E-state index contributed by atoms with van der Waals surface area (Å²) in [7, 11) is 0. The monoisotopic (exact) mass is 404 g/mol. The van der Waals surface area contributed by atoms with Gasteiger partial charge in [0, 0.05) is 32.7 Å². The Balaban J connectivity index is 1.34.